The molecular formula is C13H15BrO5. The molecule has 0 aliphatic carbocycles. The van der Waals surface area contributed by atoms with E-state index in [4.69, 9.17) is 9.84 Å². The van der Waals surface area contributed by atoms with Crippen molar-refractivity contribution in [3.05, 3.63) is 29.3 Å². The summed E-state index contributed by atoms with van der Waals surface area (Å²) in [6.07, 6.45) is -1.54. The Labute approximate surface area is 119 Å². The third-order valence-corrected chi connectivity index (χ3v) is 3.11. The van der Waals surface area contributed by atoms with Gasteiger partial charge in [0.15, 0.2) is 6.10 Å². The van der Waals surface area contributed by atoms with E-state index in [1.165, 1.54) is 6.07 Å². The highest BCUT2D eigenvalue weighted by atomic mass is 79.9. The highest BCUT2D eigenvalue weighted by Crippen LogP contribution is 2.30. The number of aliphatic hydroxyl groups is 1. The zero-order valence-electron chi connectivity index (χ0n) is 10.4. The van der Waals surface area contributed by atoms with E-state index in [1.807, 2.05) is 0 Å². The normalized spacial score (nSPS) is 11.9. The van der Waals surface area contributed by atoms with Gasteiger partial charge in [-0.3, -0.25) is 4.79 Å². The Kier molecular flexibility index (Phi) is 5.98. The van der Waals surface area contributed by atoms with Crippen molar-refractivity contribution < 1.29 is 24.5 Å². The van der Waals surface area contributed by atoms with Crippen LogP contribution in [0.5, 0.6) is 5.75 Å². The summed E-state index contributed by atoms with van der Waals surface area (Å²) in [5, 5.41) is 18.7. The predicted octanol–water partition coefficient (Wildman–Crippen LogP) is 1.71. The SMILES string of the molecule is CCOc1c(CC(=O)CBr)cccc1C(O)C(=O)O. The first kappa shape index (κ1) is 15.7. The molecule has 1 unspecified atom stereocenters. The number of carbonyl (C=O) groups excluding carboxylic acids is 1. The number of carboxylic acids is 1. The van der Waals surface area contributed by atoms with Crippen molar-refractivity contribution in [2.45, 2.75) is 19.4 Å². The first-order valence-electron chi connectivity index (χ1n) is 5.74. The average molecular weight is 331 g/mol. The van der Waals surface area contributed by atoms with Gasteiger partial charge in [0.1, 0.15) is 11.5 Å². The molecule has 0 radical (unpaired) electrons. The van der Waals surface area contributed by atoms with Crippen molar-refractivity contribution in [2.24, 2.45) is 0 Å². The number of carbonyl (C=O) groups is 2. The Balaban J connectivity index is 3.20. The van der Waals surface area contributed by atoms with Gasteiger partial charge in [-0.15, -0.1) is 0 Å². The lowest BCUT2D eigenvalue weighted by molar-refractivity contribution is -0.147. The number of aliphatic hydroxyl groups excluding tert-OH is 1. The fraction of sp³-hybridized carbons (Fsp3) is 0.385. The molecule has 0 amide bonds. The molecule has 5 nitrogen and oxygen atoms in total. The molecule has 0 saturated carbocycles. The lowest BCUT2D eigenvalue weighted by Gasteiger charge is -2.16. The number of ketones is 1. The topological polar surface area (TPSA) is 83.8 Å². The summed E-state index contributed by atoms with van der Waals surface area (Å²) < 4.78 is 5.39. The van der Waals surface area contributed by atoms with Crippen LogP contribution >= 0.6 is 15.9 Å². The van der Waals surface area contributed by atoms with Gasteiger partial charge in [0.05, 0.1) is 11.9 Å². The van der Waals surface area contributed by atoms with E-state index in [2.05, 4.69) is 15.9 Å². The maximum atomic E-state index is 11.5. The molecule has 0 fully saturated rings. The van der Waals surface area contributed by atoms with Gasteiger partial charge in [-0.1, -0.05) is 34.1 Å². The van der Waals surface area contributed by atoms with Crippen molar-refractivity contribution in [1.29, 1.82) is 0 Å². The molecule has 0 spiro atoms. The third-order valence-electron chi connectivity index (χ3n) is 2.48. The standard InChI is InChI=1S/C13H15BrO5/c1-2-19-12-8(6-9(15)7-14)4-3-5-10(12)11(16)13(17)18/h3-5,11,16H,2,6-7H2,1H3,(H,17,18). The van der Waals surface area contributed by atoms with E-state index in [9.17, 15) is 14.7 Å². The Morgan fingerprint density at radius 1 is 1.42 bits per heavy atom. The van der Waals surface area contributed by atoms with Crippen molar-refractivity contribution in [3.8, 4) is 5.75 Å². The van der Waals surface area contributed by atoms with Crippen molar-refractivity contribution in [2.75, 3.05) is 11.9 Å². The van der Waals surface area contributed by atoms with Gasteiger partial charge < -0.3 is 14.9 Å². The highest BCUT2D eigenvalue weighted by molar-refractivity contribution is 9.09. The van der Waals surface area contributed by atoms with Gasteiger partial charge in [-0.05, 0) is 6.92 Å². The summed E-state index contributed by atoms with van der Waals surface area (Å²) >= 11 is 3.07. The summed E-state index contributed by atoms with van der Waals surface area (Å²) in [5.41, 5.74) is 0.735. The number of rotatable bonds is 7. The van der Waals surface area contributed by atoms with Crippen LogP contribution in [0.4, 0.5) is 0 Å². The quantitative estimate of drug-likeness (QED) is 0.743. The molecule has 1 atom stereocenters. The second-order valence-corrected chi connectivity index (χ2v) is 4.42. The molecule has 1 rings (SSSR count). The fourth-order valence-corrected chi connectivity index (χ4v) is 1.87. The fourth-order valence-electron chi connectivity index (χ4n) is 1.67. The van der Waals surface area contributed by atoms with Crippen LogP contribution in [0.15, 0.2) is 18.2 Å². The number of aliphatic carboxylic acids is 1. The van der Waals surface area contributed by atoms with Crippen molar-refractivity contribution in [1.82, 2.24) is 0 Å². The van der Waals surface area contributed by atoms with Crippen LogP contribution in [0.3, 0.4) is 0 Å². The molecule has 0 aliphatic rings. The minimum Gasteiger partial charge on any atom is -0.493 e. The summed E-state index contributed by atoms with van der Waals surface area (Å²) in [6.45, 7) is 2.07. The lowest BCUT2D eigenvalue weighted by atomic mass is 10.0. The lowest BCUT2D eigenvalue weighted by Crippen LogP contribution is -2.14. The molecule has 0 saturated heterocycles. The van der Waals surface area contributed by atoms with E-state index in [1.54, 1.807) is 19.1 Å². The monoisotopic (exact) mass is 330 g/mol. The number of halogens is 1. The molecule has 19 heavy (non-hydrogen) atoms. The van der Waals surface area contributed by atoms with Crippen LogP contribution in [0, 0.1) is 0 Å². The molecule has 104 valence electrons. The number of alkyl halides is 1. The second-order valence-electron chi connectivity index (χ2n) is 3.86. The van der Waals surface area contributed by atoms with Gasteiger partial charge in [0.25, 0.3) is 0 Å². The van der Waals surface area contributed by atoms with E-state index in [-0.39, 0.29) is 28.8 Å². The molecule has 1 aromatic carbocycles. The van der Waals surface area contributed by atoms with Crippen molar-refractivity contribution >= 4 is 27.7 Å². The van der Waals surface area contributed by atoms with Crippen LogP contribution < -0.4 is 4.74 Å². The Bertz CT molecular complexity index is 472. The molecular weight excluding hydrogens is 316 g/mol. The van der Waals surface area contributed by atoms with Crippen LogP contribution in [-0.4, -0.2) is 33.9 Å². The third kappa shape index (κ3) is 4.04. The van der Waals surface area contributed by atoms with Gasteiger partial charge in [0, 0.05) is 17.5 Å². The predicted molar refractivity (Wildman–Crippen MR) is 72.7 cm³/mol. The summed E-state index contributed by atoms with van der Waals surface area (Å²) in [5.74, 6) is -1.14. The molecule has 1 aromatic rings. The number of benzene rings is 1. The zero-order valence-corrected chi connectivity index (χ0v) is 12.0. The van der Waals surface area contributed by atoms with Gasteiger partial charge in [0.2, 0.25) is 0 Å². The first-order chi connectivity index (χ1) is 9.01. The second kappa shape index (κ2) is 7.25. The molecule has 6 heteroatoms. The summed E-state index contributed by atoms with van der Waals surface area (Å²) in [6, 6.07) is 4.76. The summed E-state index contributed by atoms with van der Waals surface area (Å²) in [4.78, 5) is 22.3. The number of para-hydroxylation sites is 1. The number of ether oxygens (including phenoxy) is 1. The molecule has 0 aliphatic heterocycles. The Morgan fingerprint density at radius 2 is 2.11 bits per heavy atom. The average Bonchev–Trinajstić information content (AvgIpc) is 2.39. The first-order valence-corrected chi connectivity index (χ1v) is 6.86. The number of hydrogen-bond acceptors (Lipinski definition) is 4. The Hall–Kier alpha value is -1.40. The van der Waals surface area contributed by atoms with Gasteiger partial charge in [-0.25, -0.2) is 4.79 Å². The summed E-state index contributed by atoms with van der Waals surface area (Å²) in [7, 11) is 0. The zero-order chi connectivity index (χ0) is 14.4. The van der Waals surface area contributed by atoms with Gasteiger partial charge >= 0.3 is 5.97 Å². The maximum Gasteiger partial charge on any atom is 0.337 e. The molecule has 2 N–H and O–H groups in total. The molecule has 0 bridgehead atoms. The molecule has 0 heterocycles. The smallest absolute Gasteiger partial charge is 0.337 e. The van der Waals surface area contributed by atoms with Crippen LogP contribution in [-0.2, 0) is 16.0 Å². The van der Waals surface area contributed by atoms with E-state index < -0.39 is 12.1 Å². The van der Waals surface area contributed by atoms with E-state index in [0.717, 1.165) is 0 Å². The minimum absolute atomic E-state index is 0.0529. The minimum atomic E-state index is -1.67. The van der Waals surface area contributed by atoms with E-state index in [0.29, 0.717) is 12.2 Å². The maximum absolute atomic E-state index is 11.5. The number of carboxylic acid groups (broad SMARTS) is 1. The largest absolute Gasteiger partial charge is 0.493 e. The van der Waals surface area contributed by atoms with Crippen molar-refractivity contribution in [3.63, 3.8) is 0 Å². The van der Waals surface area contributed by atoms with Crippen LogP contribution in [0.25, 0.3) is 0 Å². The number of Topliss-reactive ketones (excluding diaryl/α,β-unsaturated/α-hetero) is 1. The van der Waals surface area contributed by atoms with E-state index >= 15 is 0 Å². The molecule has 0 aromatic heterocycles. The Morgan fingerprint density at radius 3 is 2.63 bits per heavy atom. The van der Waals surface area contributed by atoms with Crippen LogP contribution in [0.2, 0.25) is 0 Å². The number of hydrogen-bond donors (Lipinski definition) is 2. The van der Waals surface area contributed by atoms with Crippen LogP contribution in [0.1, 0.15) is 24.2 Å². The highest BCUT2D eigenvalue weighted by Gasteiger charge is 2.23. The van der Waals surface area contributed by atoms with Gasteiger partial charge in [-0.2, -0.15) is 0 Å².